The van der Waals surface area contributed by atoms with Crippen molar-refractivity contribution in [3.8, 4) is 33.6 Å². The second-order valence-corrected chi connectivity index (χ2v) is 20.2. The molecule has 0 amide bonds. The summed E-state index contributed by atoms with van der Waals surface area (Å²) in [6.45, 7) is 16.2. The van der Waals surface area contributed by atoms with Crippen LogP contribution in [0.3, 0.4) is 0 Å². The molecule has 4 aromatic carbocycles. The SMILES string of the molecule is CC(C)c1cc(-c2[c-]cccc2)ncc1[Si](C)(C)C.CCC(CC)c1ccnc(-c2[c-]ccc3c2sc2cc(-c4ccccc4)ccc23)c1.[Ir]. The van der Waals surface area contributed by atoms with Gasteiger partial charge in [0.25, 0.3) is 0 Å². The Hall–Kier alpha value is -3.73. The number of pyridine rings is 2. The second kappa shape index (κ2) is 16.5. The van der Waals surface area contributed by atoms with Crippen molar-refractivity contribution >= 4 is 44.8 Å². The van der Waals surface area contributed by atoms with Crippen molar-refractivity contribution in [3.05, 3.63) is 139 Å². The van der Waals surface area contributed by atoms with Crippen LogP contribution < -0.4 is 5.19 Å². The molecule has 0 bridgehead atoms. The summed E-state index contributed by atoms with van der Waals surface area (Å²) in [5, 5.41) is 4.07. The van der Waals surface area contributed by atoms with E-state index in [0.717, 1.165) is 35.4 Å². The summed E-state index contributed by atoms with van der Waals surface area (Å²) >= 11 is 1.85. The first-order chi connectivity index (χ1) is 23.7. The van der Waals surface area contributed by atoms with Gasteiger partial charge >= 0.3 is 0 Å². The van der Waals surface area contributed by atoms with Gasteiger partial charge in [-0.15, -0.1) is 59.7 Å². The van der Waals surface area contributed by atoms with Crippen LogP contribution in [0.1, 0.15) is 63.5 Å². The Kier molecular flexibility index (Phi) is 12.4. The van der Waals surface area contributed by atoms with Crippen molar-refractivity contribution in [1.29, 1.82) is 0 Å². The number of aromatic nitrogens is 2. The number of thiophene rings is 1. The van der Waals surface area contributed by atoms with Gasteiger partial charge in [-0.05, 0) is 74.6 Å². The van der Waals surface area contributed by atoms with Gasteiger partial charge in [0.2, 0.25) is 0 Å². The smallest absolute Gasteiger partial charge is 0.0799 e. The van der Waals surface area contributed by atoms with Crippen LogP contribution in [0, 0.1) is 12.1 Å². The predicted molar refractivity (Wildman–Crippen MR) is 216 cm³/mol. The molecule has 7 rings (SSSR count). The number of hydrogen-bond donors (Lipinski definition) is 0. The van der Waals surface area contributed by atoms with Crippen molar-refractivity contribution in [2.24, 2.45) is 0 Å². The Labute approximate surface area is 317 Å². The largest absolute Gasteiger partial charge is 0.305 e. The van der Waals surface area contributed by atoms with E-state index in [4.69, 9.17) is 4.98 Å². The minimum absolute atomic E-state index is 0. The predicted octanol–water partition coefficient (Wildman–Crippen LogP) is 12.7. The zero-order chi connectivity index (χ0) is 34.5. The van der Waals surface area contributed by atoms with Gasteiger partial charge in [-0.1, -0.05) is 118 Å². The number of nitrogens with zero attached hydrogens (tertiary/aromatic N) is 2. The van der Waals surface area contributed by atoms with E-state index in [-0.39, 0.29) is 20.1 Å². The topological polar surface area (TPSA) is 25.8 Å². The van der Waals surface area contributed by atoms with E-state index in [9.17, 15) is 0 Å². The summed E-state index contributed by atoms with van der Waals surface area (Å²) in [6.07, 6.45) is 6.35. The van der Waals surface area contributed by atoms with Gasteiger partial charge < -0.3 is 9.97 Å². The van der Waals surface area contributed by atoms with Gasteiger partial charge in [0.05, 0.1) is 8.07 Å². The Morgan fingerprint density at radius 1 is 0.720 bits per heavy atom. The maximum atomic E-state index is 4.72. The van der Waals surface area contributed by atoms with Crippen LogP contribution in [-0.4, -0.2) is 18.0 Å². The second-order valence-electron chi connectivity index (χ2n) is 14.1. The van der Waals surface area contributed by atoms with Crippen molar-refractivity contribution in [2.45, 2.75) is 72.0 Å². The van der Waals surface area contributed by atoms with Crippen molar-refractivity contribution < 1.29 is 20.1 Å². The molecule has 0 spiro atoms. The molecule has 3 heterocycles. The number of rotatable bonds is 8. The average molecular weight is 867 g/mol. The van der Waals surface area contributed by atoms with Crippen molar-refractivity contribution in [1.82, 2.24) is 9.97 Å². The number of fused-ring (bicyclic) bond motifs is 3. The standard InChI is InChI=1S/C28H24NS.C17H22NSi.Ir/c1-3-19(4-2)22-15-16-29-26(17-22)25-12-8-11-24-23-14-13-21(18-27(23)30-28(24)25)20-9-6-5-7-10-20;1-13(2)15-11-16(14-9-7-6-8-10-14)18-12-17(15)19(3,4)5;/h5-11,13-19H,3-4H2,1-2H3;6-9,11-13H,1-5H3;/q2*-1;. The summed E-state index contributed by atoms with van der Waals surface area (Å²) in [5.74, 6) is 1.12. The summed E-state index contributed by atoms with van der Waals surface area (Å²) in [6, 6.07) is 43.1. The minimum Gasteiger partial charge on any atom is -0.305 e. The van der Waals surface area contributed by atoms with Crippen LogP contribution in [0.25, 0.3) is 53.8 Å². The van der Waals surface area contributed by atoms with Crippen LogP contribution >= 0.6 is 11.3 Å². The van der Waals surface area contributed by atoms with E-state index in [2.05, 4.69) is 150 Å². The number of hydrogen-bond acceptors (Lipinski definition) is 3. The molecule has 0 aliphatic carbocycles. The van der Waals surface area contributed by atoms with E-state index in [1.165, 1.54) is 47.6 Å². The first kappa shape index (κ1) is 37.5. The van der Waals surface area contributed by atoms with E-state index in [0.29, 0.717) is 11.8 Å². The molecular weight excluding hydrogens is 821 g/mol. The Morgan fingerprint density at radius 3 is 2.16 bits per heavy atom. The van der Waals surface area contributed by atoms with Crippen LogP contribution in [-0.2, 0) is 20.1 Å². The molecule has 257 valence electrons. The molecular formula is C45H46IrN2SSi-2. The summed E-state index contributed by atoms with van der Waals surface area (Å²) in [4.78, 5) is 9.38. The fourth-order valence-corrected chi connectivity index (χ4v) is 9.54. The zero-order valence-corrected chi connectivity index (χ0v) is 34.4. The third-order valence-electron chi connectivity index (χ3n) is 9.39. The molecule has 2 nitrogen and oxygen atoms in total. The molecule has 0 saturated carbocycles. The monoisotopic (exact) mass is 867 g/mol. The average Bonchev–Trinajstić information content (AvgIpc) is 3.51. The molecule has 5 heteroatoms. The molecule has 0 saturated heterocycles. The summed E-state index contributed by atoms with van der Waals surface area (Å²) in [7, 11) is -1.34. The van der Waals surface area contributed by atoms with Gasteiger partial charge in [-0.25, -0.2) is 0 Å². The first-order valence-electron chi connectivity index (χ1n) is 17.5. The van der Waals surface area contributed by atoms with Crippen LogP contribution in [0.2, 0.25) is 19.6 Å². The van der Waals surface area contributed by atoms with Crippen molar-refractivity contribution in [3.63, 3.8) is 0 Å². The van der Waals surface area contributed by atoms with Gasteiger partial charge in [0.15, 0.2) is 0 Å². The van der Waals surface area contributed by atoms with Gasteiger partial charge in [-0.3, -0.25) is 0 Å². The van der Waals surface area contributed by atoms with E-state index < -0.39 is 8.07 Å². The molecule has 3 aromatic heterocycles. The molecule has 7 aromatic rings. The normalized spacial score (nSPS) is 11.5. The van der Waals surface area contributed by atoms with E-state index in [1.807, 2.05) is 41.8 Å². The van der Waals surface area contributed by atoms with Gasteiger partial charge in [-0.2, -0.15) is 11.3 Å². The molecule has 0 atom stereocenters. The summed E-state index contributed by atoms with van der Waals surface area (Å²) < 4.78 is 2.58. The van der Waals surface area contributed by atoms with Crippen LogP contribution in [0.4, 0.5) is 0 Å². The van der Waals surface area contributed by atoms with Crippen LogP contribution in [0.15, 0.2) is 116 Å². The van der Waals surface area contributed by atoms with Crippen LogP contribution in [0.5, 0.6) is 0 Å². The first-order valence-corrected chi connectivity index (χ1v) is 21.9. The molecule has 0 N–H and O–H groups in total. The zero-order valence-electron chi connectivity index (χ0n) is 30.2. The Balaban J connectivity index is 0.000000211. The molecule has 0 aliphatic rings. The van der Waals surface area contributed by atoms with Gasteiger partial charge in [0.1, 0.15) is 0 Å². The van der Waals surface area contributed by atoms with Gasteiger partial charge in [0, 0.05) is 37.2 Å². The van der Waals surface area contributed by atoms with E-state index >= 15 is 0 Å². The Morgan fingerprint density at radius 2 is 1.48 bits per heavy atom. The third kappa shape index (κ3) is 8.24. The maximum absolute atomic E-state index is 4.72. The fourth-order valence-electron chi connectivity index (χ4n) is 6.61. The molecule has 1 radical (unpaired) electrons. The summed E-state index contributed by atoms with van der Waals surface area (Å²) in [5.41, 5.74) is 9.59. The third-order valence-corrected chi connectivity index (χ3v) is 12.6. The van der Waals surface area contributed by atoms with Crippen molar-refractivity contribution in [2.75, 3.05) is 0 Å². The number of benzene rings is 4. The maximum Gasteiger partial charge on any atom is 0.0799 e. The molecule has 50 heavy (non-hydrogen) atoms. The van der Waals surface area contributed by atoms with E-state index in [1.54, 1.807) is 0 Å². The quantitative estimate of drug-likeness (QED) is 0.112. The molecule has 0 aliphatic heterocycles. The molecule has 0 unspecified atom stereocenters. The molecule has 0 fully saturated rings. The fraction of sp³-hybridized carbons (Fsp3) is 0.244. The Bertz CT molecular complexity index is 2160. The minimum atomic E-state index is -1.34.